The summed E-state index contributed by atoms with van der Waals surface area (Å²) >= 11 is 0. The molecular formula is C14H18N2O5. The number of esters is 1. The van der Waals surface area contributed by atoms with Crippen LogP contribution in [0, 0.1) is 0 Å². The first-order chi connectivity index (χ1) is 10.1. The SMILES string of the molecule is CCNC(=O)NC(=O)COc1ccc(C(=O)OCC)cc1. The Hall–Kier alpha value is -2.57. The lowest BCUT2D eigenvalue weighted by Gasteiger charge is -2.07. The van der Waals surface area contributed by atoms with E-state index >= 15 is 0 Å². The van der Waals surface area contributed by atoms with Crippen molar-refractivity contribution >= 4 is 17.9 Å². The molecule has 7 heteroatoms. The molecule has 0 spiro atoms. The summed E-state index contributed by atoms with van der Waals surface area (Å²) in [5.74, 6) is -0.567. The van der Waals surface area contributed by atoms with Gasteiger partial charge in [-0.3, -0.25) is 10.1 Å². The van der Waals surface area contributed by atoms with Crippen LogP contribution in [0.3, 0.4) is 0 Å². The normalized spacial score (nSPS) is 9.62. The second-order valence-electron chi connectivity index (χ2n) is 3.94. The maximum atomic E-state index is 11.4. The quantitative estimate of drug-likeness (QED) is 0.766. The Balaban J connectivity index is 2.44. The van der Waals surface area contributed by atoms with E-state index in [4.69, 9.17) is 9.47 Å². The Bertz CT molecular complexity index is 499. The predicted molar refractivity (Wildman–Crippen MR) is 75.1 cm³/mol. The van der Waals surface area contributed by atoms with Gasteiger partial charge in [0.25, 0.3) is 5.91 Å². The van der Waals surface area contributed by atoms with Crippen molar-refractivity contribution in [1.29, 1.82) is 0 Å². The molecule has 7 nitrogen and oxygen atoms in total. The van der Waals surface area contributed by atoms with Crippen LogP contribution in [0.5, 0.6) is 5.75 Å². The molecule has 21 heavy (non-hydrogen) atoms. The maximum absolute atomic E-state index is 11.4. The van der Waals surface area contributed by atoms with Gasteiger partial charge in [-0.05, 0) is 38.1 Å². The molecule has 0 unspecified atom stereocenters. The number of imide groups is 1. The molecule has 0 radical (unpaired) electrons. The Kier molecular flexibility index (Phi) is 6.73. The Morgan fingerprint density at radius 3 is 2.33 bits per heavy atom. The van der Waals surface area contributed by atoms with E-state index in [2.05, 4.69) is 10.6 Å². The van der Waals surface area contributed by atoms with E-state index in [1.54, 1.807) is 26.0 Å². The lowest BCUT2D eigenvalue weighted by atomic mass is 10.2. The van der Waals surface area contributed by atoms with E-state index in [-0.39, 0.29) is 6.61 Å². The van der Waals surface area contributed by atoms with E-state index in [0.717, 1.165) is 0 Å². The number of hydrogen-bond donors (Lipinski definition) is 2. The third-order valence-electron chi connectivity index (χ3n) is 2.33. The van der Waals surface area contributed by atoms with Gasteiger partial charge in [-0.25, -0.2) is 9.59 Å². The summed E-state index contributed by atoms with van der Waals surface area (Å²) in [6.07, 6.45) is 0. The first-order valence-corrected chi connectivity index (χ1v) is 6.54. The van der Waals surface area contributed by atoms with Crippen LogP contribution in [0.2, 0.25) is 0 Å². The molecule has 0 atom stereocenters. The first kappa shape index (κ1) is 16.5. The summed E-state index contributed by atoms with van der Waals surface area (Å²) in [5.41, 5.74) is 0.399. The van der Waals surface area contributed by atoms with Crippen molar-refractivity contribution in [3.63, 3.8) is 0 Å². The van der Waals surface area contributed by atoms with Crippen LogP contribution in [0.15, 0.2) is 24.3 Å². The fraction of sp³-hybridized carbons (Fsp3) is 0.357. The second-order valence-corrected chi connectivity index (χ2v) is 3.94. The van der Waals surface area contributed by atoms with Gasteiger partial charge in [0.1, 0.15) is 5.75 Å². The zero-order valence-electron chi connectivity index (χ0n) is 12.0. The standard InChI is InChI=1S/C14H18N2O5/c1-3-15-14(19)16-12(17)9-21-11-7-5-10(6-8-11)13(18)20-4-2/h5-8H,3-4,9H2,1-2H3,(H2,15,16,17,19). The van der Waals surface area contributed by atoms with E-state index in [1.165, 1.54) is 12.1 Å². The topological polar surface area (TPSA) is 93.7 Å². The number of hydrogen-bond acceptors (Lipinski definition) is 5. The number of carbonyl (C=O) groups is 3. The summed E-state index contributed by atoms with van der Waals surface area (Å²) in [5, 5.41) is 4.54. The molecule has 3 amide bonds. The Morgan fingerprint density at radius 1 is 1.10 bits per heavy atom. The van der Waals surface area contributed by atoms with Crippen molar-refractivity contribution in [1.82, 2.24) is 10.6 Å². The molecular weight excluding hydrogens is 276 g/mol. The molecule has 114 valence electrons. The number of urea groups is 1. The minimum atomic E-state index is -0.566. The number of carbonyl (C=O) groups excluding carboxylic acids is 3. The monoisotopic (exact) mass is 294 g/mol. The van der Waals surface area contributed by atoms with E-state index in [1.807, 2.05) is 0 Å². The molecule has 0 aromatic heterocycles. The fourth-order valence-corrected chi connectivity index (χ4v) is 1.42. The highest BCUT2D eigenvalue weighted by molar-refractivity contribution is 5.95. The van der Waals surface area contributed by atoms with Gasteiger partial charge >= 0.3 is 12.0 Å². The highest BCUT2D eigenvalue weighted by atomic mass is 16.5. The van der Waals surface area contributed by atoms with Crippen molar-refractivity contribution in [2.45, 2.75) is 13.8 Å². The molecule has 1 rings (SSSR count). The number of ether oxygens (including phenoxy) is 2. The average molecular weight is 294 g/mol. The first-order valence-electron chi connectivity index (χ1n) is 6.54. The molecule has 2 N–H and O–H groups in total. The van der Waals surface area contributed by atoms with E-state index < -0.39 is 17.9 Å². The van der Waals surface area contributed by atoms with Gasteiger partial charge in [0.2, 0.25) is 0 Å². The third kappa shape index (κ3) is 5.94. The number of nitrogens with one attached hydrogen (secondary N) is 2. The lowest BCUT2D eigenvalue weighted by Crippen LogP contribution is -2.41. The summed E-state index contributed by atoms with van der Waals surface area (Å²) < 4.78 is 10.0. The van der Waals surface area contributed by atoms with Crippen LogP contribution in [0.25, 0.3) is 0 Å². The van der Waals surface area contributed by atoms with Gasteiger partial charge < -0.3 is 14.8 Å². The molecule has 0 heterocycles. The van der Waals surface area contributed by atoms with Crippen LogP contribution in [-0.4, -0.2) is 37.7 Å². The highest BCUT2D eigenvalue weighted by Gasteiger charge is 2.09. The number of amides is 3. The summed E-state index contributed by atoms with van der Waals surface area (Å²) in [6.45, 7) is 3.90. The third-order valence-corrected chi connectivity index (χ3v) is 2.33. The predicted octanol–water partition coefficient (Wildman–Crippen LogP) is 1.09. The molecule has 1 aromatic rings. The summed E-state index contributed by atoms with van der Waals surface area (Å²) in [6, 6.07) is 5.60. The van der Waals surface area contributed by atoms with Crippen molar-refractivity contribution in [2.75, 3.05) is 19.8 Å². The van der Waals surface area contributed by atoms with E-state index in [0.29, 0.717) is 24.5 Å². The smallest absolute Gasteiger partial charge is 0.338 e. The van der Waals surface area contributed by atoms with Crippen LogP contribution < -0.4 is 15.4 Å². The van der Waals surface area contributed by atoms with Crippen LogP contribution in [0.4, 0.5) is 4.79 Å². The second kappa shape index (κ2) is 8.57. The molecule has 0 saturated carbocycles. The molecule has 0 fully saturated rings. The van der Waals surface area contributed by atoms with Crippen molar-refractivity contribution in [3.05, 3.63) is 29.8 Å². The molecule has 1 aromatic carbocycles. The Labute approximate surface area is 122 Å². The minimum Gasteiger partial charge on any atom is -0.484 e. The van der Waals surface area contributed by atoms with Gasteiger partial charge in [0.05, 0.1) is 12.2 Å². The zero-order valence-corrected chi connectivity index (χ0v) is 12.0. The molecule has 0 aliphatic rings. The van der Waals surface area contributed by atoms with Crippen LogP contribution >= 0.6 is 0 Å². The van der Waals surface area contributed by atoms with Gasteiger partial charge in [-0.2, -0.15) is 0 Å². The summed E-state index contributed by atoms with van der Waals surface area (Å²) in [7, 11) is 0. The molecule has 0 aliphatic carbocycles. The Morgan fingerprint density at radius 2 is 1.76 bits per heavy atom. The van der Waals surface area contributed by atoms with Crippen molar-refractivity contribution in [2.24, 2.45) is 0 Å². The van der Waals surface area contributed by atoms with Gasteiger partial charge in [-0.15, -0.1) is 0 Å². The molecule has 0 bridgehead atoms. The van der Waals surface area contributed by atoms with Crippen LogP contribution in [0.1, 0.15) is 24.2 Å². The lowest BCUT2D eigenvalue weighted by molar-refractivity contribution is -0.122. The number of rotatable bonds is 6. The van der Waals surface area contributed by atoms with Crippen molar-refractivity contribution < 1.29 is 23.9 Å². The summed E-state index contributed by atoms with van der Waals surface area (Å²) in [4.78, 5) is 33.9. The zero-order chi connectivity index (χ0) is 15.7. The fourth-order valence-electron chi connectivity index (χ4n) is 1.42. The minimum absolute atomic E-state index is 0.296. The van der Waals surface area contributed by atoms with Gasteiger partial charge in [0.15, 0.2) is 6.61 Å². The van der Waals surface area contributed by atoms with Crippen LogP contribution in [-0.2, 0) is 9.53 Å². The van der Waals surface area contributed by atoms with Gasteiger partial charge in [-0.1, -0.05) is 0 Å². The highest BCUT2D eigenvalue weighted by Crippen LogP contribution is 2.12. The largest absolute Gasteiger partial charge is 0.484 e. The number of benzene rings is 1. The van der Waals surface area contributed by atoms with Crippen molar-refractivity contribution in [3.8, 4) is 5.75 Å². The average Bonchev–Trinajstić information content (AvgIpc) is 2.46. The maximum Gasteiger partial charge on any atom is 0.338 e. The van der Waals surface area contributed by atoms with Gasteiger partial charge in [0, 0.05) is 6.54 Å². The van der Waals surface area contributed by atoms with E-state index in [9.17, 15) is 14.4 Å². The molecule has 0 saturated heterocycles. The molecule has 0 aliphatic heterocycles.